The van der Waals surface area contributed by atoms with Crippen LogP contribution < -0.4 is 0 Å². The van der Waals surface area contributed by atoms with E-state index in [-0.39, 0.29) is 12.6 Å². The van der Waals surface area contributed by atoms with Gasteiger partial charge in [-0.2, -0.15) is 11.8 Å². The van der Waals surface area contributed by atoms with Gasteiger partial charge < -0.3 is 5.11 Å². The first-order valence-electron chi connectivity index (χ1n) is 3.74. The quantitative estimate of drug-likeness (QED) is 0.593. The monoisotopic (exact) mass is 171 g/mol. The van der Waals surface area contributed by atoms with Crippen LogP contribution in [0.4, 0.5) is 0 Å². The average molecular weight is 171 g/mol. The number of nitrogens with zero attached hydrogens (tertiary/aromatic N) is 1. The molecule has 1 unspecified atom stereocenters. The summed E-state index contributed by atoms with van der Waals surface area (Å²) in [6.07, 6.45) is 5.20. The molecule has 0 radical (unpaired) electrons. The van der Waals surface area contributed by atoms with Crippen molar-refractivity contribution in [3.63, 3.8) is 0 Å². The third-order valence-electron chi connectivity index (χ3n) is 1.85. The van der Waals surface area contributed by atoms with E-state index in [9.17, 15) is 0 Å². The Hall–Kier alpha value is -0.170. The molecule has 1 aliphatic rings. The van der Waals surface area contributed by atoms with Gasteiger partial charge in [0.2, 0.25) is 0 Å². The van der Waals surface area contributed by atoms with Crippen LogP contribution >= 0.6 is 11.8 Å². The van der Waals surface area contributed by atoms with Crippen molar-refractivity contribution in [2.75, 3.05) is 31.2 Å². The summed E-state index contributed by atoms with van der Waals surface area (Å²) in [5.74, 6) is 4.76. The molecule has 0 aliphatic carbocycles. The molecule has 0 amide bonds. The van der Waals surface area contributed by atoms with Crippen LogP contribution in [0, 0.1) is 12.3 Å². The molecule has 1 rings (SSSR count). The maximum absolute atomic E-state index is 8.96. The largest absolute Gasteiger partial charge is 0.395 e. The van der Waals surface area contributed by atoms with Gasteiger partial charge in [0, 0.05) is 24.1 Å². The van der Waals surface area contributed by atoms with Crippen LogP contribution in [0.3, 0.4) is 0 Å². The predicted octanol–water partition coefficient (Wildman–Crippen LogP) is 0.0293. The molecule has 1 atom stereocenters. The molecule has 3 heteroatoms. The lowest BCUT2D eigenvalue weighted by Crippen LogP contribution is -2.44. The third kappa shape index (κ3) is 2.41. The van der Waals surface area contributed by atoms with E-state index in [1.54, 1.807) is 0 Å². The van der Waals surface area contributed by atoms with Crippen LogP contribution in [0.5, 0.6) is 0 Å². The zero-order valence-corrected chi connectivity index (χ0v) is 7.31. The highest BCUT2D eigenvalue weighted by atomic mass is 32.2. The van der Waals surface area contributed by atoms with Gasteiger partial charge >= 0.3 is 0 Å². The minimum absolute atomic E-state index is 0.231. The molecule has 1 fully saturated rings. The molecule has 0 saturated carbocycles. The van der Waals surface area contributed by atoms with Crippen molar-refractivity contribution in [3.05, 3.63) is 0 Å². The first kappa shape index (κ1) is 8.92. The molecule has 0 aromatic carbocycles. The number of thioether (sulfide) groups is 1. The van der Waals surface area contributed by atoms with Gasteiger partial charge in [-0.05, 0) is 0 Å². The third-order valence-corrected chi connectivity index (χ3v) is 2.95. The number of aliphatic hydroxyl groups is 1. The van der Waals surface area contributed by atoms with Crippen molar-refractivity contribution in [1.82, 2.24) is 4.90 Å². The molecular formula is C8H13NOS. The Morgan fingerprint density at radius 1 is 1.73 bits per heavy atom. The molecule has 0 spiro atoms. The lowest BCUT2D eigenvalue weighted by atomic mass is 10.3. The fourth-order valence-corrected chi connectivity index (χ4v) is 2.30. The normalized spacial score (nSPS) is 26.4. The summed E-state index contributed by atoms with van der Waals surface area (Å²) >= 11 is 1.89. The van der Waals surface area contributed by atoms with Crippen LogP contribution in [0.1, 0.15) is 0 Å². The zero-order valence-electron chi connectivity index (χ0n) is 6.49. The van der Waals surface area contributed by atoms with E-state index < -0.39 is 0 Å². The number of rotatable bonds is 2. The minimum atomic E-state index is 0.231. The molecule has 0 aromatic rings. The van der Waals surface area contributed by atoms with Gasteiger partial charge in [-0.25, -0.2) is 0 Å². The first-order chi connectivity index (χ1) is 5.38. The Balaban J connectivity index is 2.39. The number of hydrogen-bond acceptors (Lipinski definition) is 3. The standard InChI is InChI=1S/C8H13NOS/c1-2-3-9-4-5-11-7-8(9)6-10/h1,8,10H,3-7H2. The van der Waals surface area contributed by atoms with E-state index >= 15 is 0 Å². The zero-order chi connectivity index (χ0) is 8.10. The van der Waals surface area contributed by atoms with E-state index in [0.29, 0.717) is 6.54 Å². The lowest BCUT2D eigenvalue weighted by Gasteiger charge is -2.32. The molecule has 1 saturated heterocycles. The summed E-state index contributed by atoms with van der Waals surface area (Å²) in [4.78, 5) is 2.16. The first-order valence-corrected chi connectivity index (χ1v) is 4.90. The van der Waals surface area contributed by atoms with Crippen LogP contribution in [-0.4, -0.2) is 47.3 Å². The Bertz CT molecular complexity index is 155. The Kier molecular flexibility index (Phi) is 3.78. The van der Waals surface area contributed by atoms with Gasteiger partial charge in [0.1, 0.15) is 0 Å². The van der Waals surface area contributed by atoms with Gasteiger partial charge in [0.15, 0.2) is 0 Å². The highest BCUT2D eigenvalue weighted by molar-refractivity contribution is 7.99. The van der Waals surface area contributed by atoms with Crippen LogP contribution in [0.2, 0.25) is 0 Å². The highest BCUT2D eigenvalue weighted by Gasteiger charge is 2.20. The summed E-state index contributed by atoms with van der Waals surface area (Å²) in [5, 5.41) is 8.96. The molecule has 1 aliphatic heterocycles. The van der Waals surface area contributed by atoms with Crippen molar-refractivity contribution in [1.29, 1.82) is 0 Å². The van der Waals surface area contributed by atoms with Gasteiger partial charge in [-0.1, -0.05) is 5.92 Å². The van der Waals surface area contributed by atoms with Crippen molar-refractivity contribution >= 4 is 11.8 Å². The minimum Gasteiger partial charge on any atom is -0.395 e. The second kappa shape index (κ2) is 4.66. The smallest absolute Gasteiger partial charge is 0.0602 e. The predicted molar refractivity (Wildman–Crippen MR) is 48.6 cm³/mol. The molecule has 62 valence electrons. The van der Waals surface area contributed by atoms with Crippen molar-refractivity contribution in [3.8, 4) is 12.3 Å². The maximum atomic E-state index is 8.96. The average Bonchev–Trinajstić information content (AvgIpc) is 2.06. The van der Waals surface area contributed by atoms with Crippen LogP contribution in [0.15, 0.2) is 0 Å². The molecule has 1 N–H and O–H groups in total. The fraction of sp³-hybridized carbons (Fsp3) is 0.750. The topological polar surface area (TPSA) is 23.5 Å². The number of aliphatic hydroxyl groups excluding tert-OH is 1. The van der Waals surface area contributed by atoms with E-state index in [0.717, 1.165) is 18.1 Å². The summed E-state index contributed by atoms with van der Waals surface area (Å²) in [6, 6.07) is 0.282. The number of terminal acetylenes is 1. The van der Waals surface area contributed by atoms with Crippen LogP contribution in [0.25, 0.3) is 0 Å². The molecular weight excluding hydrogens is 158 g/mol. The fourth-order valence-electron chi connectivity index (χ4n) is 1.18. The Labute approximate surface area is 72.0 Å². The summed E-state index contributed by atoms with van der Waals surface area (Å²) in [6.45, 7) is 1.92. The molecule has 11 heavy (non-hydrogen) atoms. The van der Waals surface area contributed by atoms with Crippen molar-refractivity contribution in [2.45, 2.75) is 6.04 Å². The van der Waals surface area contributed by atoms with Crippen LogP contribution in [-0.2, 0) is 0 Å². The second-order valence-electron chi connectivity index (χ2n) is 2.59. The second-order valence-corrected chi connectivity index (χ2v) is 3.74. The summed E-state index contributed by atoms with van der Waals surface area (Å²) < 4.78 is 0. The van der Waals surface area contributed by atoms with Gasteiger partial charge in [0.05, 0.1) is 13.2 Å². The molecule has 0 bridgehead atoms. The maximum Gasteiger partial charge on any atom is 0.0602 e. The Morgan fingerprint density at radius 3 is 3.18 bits per heavy atom. The van der Waals surface area contributed by atoms with Crippen molar-refractivity contribution in [2.24, 2.45) is 0 Å². The molecule has 1 heterocycles. The van der Waals surface area contributed by atoms with Gasteiger partial charge in [-0.3, -0.25) is 4.90 Å². The summed E-state index contributed by atoms with van der Waals surface area (Å²) in [5.41, 5.74) is 0. The Morgan fingerprint density at radius 2 is 2.55 bits per heavy atom. The molecule has 0 aromatic heterocycles. The van der Waals surface area contributed by atoms with Gasteiger partial charge in [0.25, 0.3) is 0 Å². The summed E-state index contributed by atoms with van der Waals surface area (Å²) in [7, 11) is 0. The molecule has 2 nitrogen and oxygen atoms in total. The number of hydrogen-bond donors (Lipinski definition) is 1. The lowest BCUT2D eigenvalue weighted by molar-refractivity contribution is 0.153. The van der Waals surface area contributed by atoms with Gasteiger partial charge in [-0.15, -0.1) is 6.42 Å². The van der Waals surface area contributed by atoms with Crippen molar-refractivity contribution < 1.29 is 5.11 Å². The van der Waals surface area contributed by atoms with E-state index in [1.807, 2.05) is 11.8 Å². The van der Waals surface area contributed by atoms with E-state index in [4.69, 9.17) is 11.5 Å². The van der Waals surface area contributed by atoms with E-state index in [2.05, 4.69) is 10.8 Å². The van der Waals surface area contributed by atoms with E-state index in [1.165, 1.54) is 0 Å². The SMILES string of the molecule is C#CCN1CCSCC1CO. The highest BCUT2D eigenvalue weighted by Crippen LogP contribution is 2.14.